The zero-order chi connectivity index (χ0) is 16.9. The number of benzene rings is 1. The van der Waals surface area contributed by atoms with Crippen molar-refractivity contribution in [1.29, 1.82) is 0 Å². The lowest BCUT2D eigenvalue weighted by Crippen LogP contribution is -2.32. The quantitative estimate of drug-likeness (QED) is 0.875. The van der Waals surface area contributed by atoms with E-state index in [2.05, 4.69) is 15.6 Å². The maximum absolute atomic E-state index is 12.3. The van der Waals surface area contributed by atoms with Crippen LogP contribution in [-0.4, -0.2) is 46.8 Å². The molecule has 0 spiro atoms. The first kappa shape index (κ1) is 16.4. The number of nitrogens with zero attached hydrogens (tertiary/aromatic N) is 3. The molecule has 1 saturated heterocycles. The van der Waals surface area contributed by atoms with Crippen molar-refractivity contribution in [2.24, 2.45) is 0 Å². The van der Waals surface area contributed by atoms with Gasteiger partial charge in [0.05, 0.1) is 24.1 Å². The van der Waals surface area contributed by atoms with E-state index in [-0.39, 0.29) is 12.0 Å². The Kier molecular flexibility index (Phi) is 5.10. The van der Waals surface area contributed by atoms with Crippen molar-refractivity contribution in [2.45, 2.75) is 32.8 Å². The fraction of sp³-hybridized carbons (Fsp3) is 0.471. The zero-order valence-electron chi connectivity index (χ0n) is 14.0. The van der Waals surface area contributed by atoms with Crippen LogP contribution in [0.5, 0.6) is 5.75 Å². The van der Waals surface area contributed by atoms with E-state index in [9.17, 15) is 4.79 Å². The Bertz CT molecular complexity index is 690. The first-order valence-electron chi connectivity index (χ1n) is 8.24. The minimum atomic E-state index is -0.222. The highest BCUT2D eigenvalue weighted by Crippen LogP contribution is 2.17. The Labute approximate surface area is 141 Å². The van der Waals surface area contributed by atoms with Crippen LogP contribution in [0.2, 0.25) is 0 Å². The van der Waals surface area contributed by atoms with Crippen molar-refractivity contribution in [3.8, 4) is 11.4 Å². The molecule has 1 aliphatic rings. The average molecular weight is 330 g/mol. The number of carbonyl (C=O) groups is 1. The number of carbonyl (C=O) groups excluding carboxylic acids is 1. The fourth-order valence-electron chi connectivity index (χ4n) is 2.73. The molecule has 7 heteroatoms. The molecule has 1 fully saturated rings. The van der Waals surface area contributed by atoms with E-state index in [1.54, 1.807) is 4.68 Å². The van der Waals surface area contributed by atoms with Gasteiger partial charge in [0.1, 0.15) is 5.75 Å². The van der Waals surface area contributed by atoms with E-state index < -0.39 is 0 Å². The molecule has 0 bridgehead atoms. The van der Waals surface area contributed by atoms with Crippen LogP contribution in [0.15, 0.2) is 24.3 Å². The molecule has 0 radical (unpaired) electrons. The third-order valence-corrected chi connectivity index (χ3v) is 4.02. The third-order valence-electron chi connectivity index (χ3n) is 4.02. The van der Waals surface area contributed by atoms with Gasteiger partial charge in [-0.2, -0.15) is 0 Å². The summed E-state index contributed by atoms with van der Waals surface area (Å²) in [7, 11) is 0. The number of hydrogen-bond acceptors (Lipinski definition) is 5. The molecule has 1 unspecified atom stereocenters. The molecule has 0 aliphatic carbocycles. The normalized spacial score (nSPS) is 17.0. The minimum Gasteiger partial charge on any atom is -0.494 e. The summed E-state index contributed by atoms with van der Waals surface area (Å²) in [4.78, 5) is 12.3. The SMILES string of the molecule is CCOc1ccc(-n2nnc(C(=O)NCC3CCCO3)c2C)cc1. The molecule has 0 saturated carbocycles. The summed E-state index contributed by atoms with van der Waals surface area (Å²) in [5.74, 6) is 0.578. The van der Waals surface area contributed by atoms with Crippen LogP contribution in [0.1, 0.15) is 35.9 Å². The van der Waals surface area contributed by atoms with Gasteiger partial charge in [0, 0.05) is 13.2 Å². The number of ether oxygens (including phenoxy) is 2. The van der Waals surface area contributed by atoms with Crippen molar-refractivity contribution in [2.75, 3.05) is 19.8 Å². The van der Waals surface area contributed by atoms with Crippen molar-refractivity contribution < 1.29 is 14.3 Å². The molecule has 24 heavy (non-hydrogen) atoms. The van der Waals surface area contributed by atoms with Gasteiger partial charge in [-0.1, -0.05) is 5.21 Å². The van der Waals surface area contributed by atoms with E-state index in [0.29, 0.717) is 24.5 Å². The number of rotatable bonds is 6. The molecule has 1 aliphatic heterocycles. The molecule has 1 amide bonds. The fourth-order valence-corrected chi connectivity index (χ4v) is 2.73. The predicted octanol–water partition coefficient (Wildman–Crippen LogP) is 1.88. The second kappa shape index (κ2) is 7.44. The van der Waals surface area contributed by atoms with Crippen LogP contribution in [0, 0.1) is 6.92 Å². The van der Waals surface area contributed by atoms with Gasteiger partial charge in [0.2, 0.25) is 0 Å². The number of hydrogen-bond donors (Lipinski definition) is 1. The molecule has 2 heterocycles. The monoisotopic (exact) mass is 330 g/mol. The molecule has 1 N–H and O–H groups in total. The maximum atomic E-state index is 12.3. The molecule has 1 aromatic carbocycles. The number of nitrogens with one attached hydrogen (secondary N) is 1. The van der Waals surface area contributed by atoms with Gasteiger partial charge < -0.3 is 14.8 Å². The maximum Gasteiger partial charge on any atom is 0.273 e. The topological polar surface area (TPSA) is 78.3 Å². The summed E-state index contributed by atoms with van der Waals surface area (Å²) >= 11 is 0. The molecule has 3 rings (SSSR count). The van der Waals surface area contributed by atoms with E-state index in [1.807, 2.05) is 38.1 Å². The van der Waals surface area contributed by atoms with Gasteiger partial charge in [0.15, 0.2) is 5.69 Å². The van der Waals surface area contributed by atoms with Crippen LogP contribution >= 0.6 is 0 Å². The van der Waals surface area contributed by atoms with Crippen molar-refractivity contribution >= 4 is 5.91 Å². The van der Waals surface area contributed by atoms with Gasteiger partial charge in [-0.3, -0.25) is 4.79 Å². The van der Waals surface area contributed by atoms with Crippen LogP contribution in [-0.2, 0) is 4.74 Å². The molecular formula is C17H22N4O3. The summed E-state index contributed by atoms with van der Waals surface area (Å²) in [6, 6.07) is 7.52. The lowest BCUT2D eigenvalue weighted by molar-refractivity contribution is 0.0853. The first-order chi connectivity index (χ1) is 11.7. The predicted molar refractivity (Wildman–Crippen MR) is 88.6 cm³/mol. The van der Waals surface area contributed by atoms with Crippen molar-refractivity contribution in [3.63, 3.8) is 0 Å². The van der Waals surface area contributed by atoms with Crippen LogP contribution in [0.25, 0.3) is 5.69 Å². The lowest BCUT2D eigenvalue weighted by atomic mass is 10.2. The first-order valence-corrected chi connectivity index (χ1v) is 8.24. The summed E-state index contributed by atoms with van der Waals surface area (Å²) in [6.45, 7) is 5.67. The van der Waals surface area contributed by atoms with E-state index in [0.717, 1.165) is 30.9 Å². The van der Waals surface area contributed by atoms with E-state index in [4.69, 9.17) is 9.47 Å². The van der Waals surface area contributed by atoms with Crippen LogP contribution < -0.4 is 10.1 Å². The molecule has 2 aromatic rings. The van der Waals surface area contributed by atoms with E-state index >= 15 is 0 Å². The largest absolute Gasteiger partial charge is 0.494 e. The minimum absolute atomic E-state index is 0.107. The lowest BCUT2D eigenvalue weighted by Gasteiger charge is -2.10. The van der Waals surface area contributed by atoms with Crippen LogP contribution in [0.3, 0.4) is 0 Å². The summed E-state index contributed by atoms with van der Waals surface area (Å²) in [5, 5.41) is 11.0. The Morgan fingerprint density at radius 3 is 2.88 bits per heavy atom. The van der Waals surface area contributed by atoms with Crippen LogP contribution in [0.4, 0.5) is 0 Å². The van der Waals surface area contributed by atoms with E-state index in [1.165, 1.54) is 0 Å². The van der Waals surface area contributed by atoms with Gasteiger partial charge in [0.25, 0.3) is 5.91 Å². The Balaban J connectivity index is 1.69. The van der Waals surface area contributed by atoms with Gasteiger partial charge in [-0.05, 0) is 51.0 Å². The molecule has 7 nitrogen and oxygen atoms in total. The Morgan fingerprint density at radius 1 is 1.42 bits per heavy atom. The third kappa shape index (κ3) is 3.56. The molecule has 128 valence electrons. The smallest absolute Gasteiger partial charge is 0.273 e. The van der Waals surface area contributed by atoms with Crippen molar-refractivity contribution in [3.05, 3.63) is 35.7 Å². The number of aromatic nitrogens is 3. The molecular weight excluding hydrogens is 308 g/mol. The summed E-state index contributed by atoms with van der Waals surface area (Å²) < 4.78 is 12.6. The van der Waals surface area contributed by atoms with Gasteiger partial charge in [-0.15, -0.1) is 5.10 Å². The highest BCUT2D eigenvalue weighted by molar-refractivity contribution is 5.93. The second-order valence-corrected chi connectivity index (χ2v) is 5.71. The molecule has 1 atom stereocenters. The number of amides is 1. The summed E-state index contributed by atoms with van der Waals surface area (Å²) in [5.41, 5.74) is 1.87. The van der Waals surface area contributed by atoms with Gasteiger partial charge >= 0.3 is 0 Å². The Morgan fingerprint density at radius 2 is 2.21 bits per heavy atom. The average Bonchev–Trinajstić information content (AvgIpc) is 3.23. The second-order valence-electron chi connectivity index (χ2n) is 5.71. The highest BCUT2D eigenvalue weighted by atomic mass is 16.5. The zero-order valence-corrected chi connectivity index (χ0v) is 14.0. The Hall–Kier alpha value is -2.41. The van der Waals surface area contributed by atoms with Crippen molar-refractivity contribution in [1.82, 2.24) is 20.3 Å². The summed E-state index contributed by atoms with van der Waals surface area (Å²) in [6.07, 6.45) is 2.14. The molecule has 1 aromatic heterocycles. The highest BCUT2D eigenvalue weighted by Gasteiger charge is 2.20. The standard InChI is InChI=1S/C17H22N4O3/c1-3-23-14-8-6-13(7-9-14)21-12(2)16(19-20-21)17(22)18-11-15-5-4-10-24-15/h6-9,15H,3-5,10-11H2,1-2H3,(H,18,22). The van der Waals surface area contributed by atoms with Gasteiger partial charge in [-0.25, -0.2) is 4.68 Å².